The Balaban J connectivity index is 0.966. The van der Waals surface area contributed by atoms with Gasteiger partial charge in [-0.15, -0.1) is 11.3 Å². The molecule has 13 rings (SSSR count). The highest BCUT2D eigenvalue weighted by Gasteiger charge is 2.40. The zero-order valence-corrected chi connectivity index (χ0v) is 39.5. The fourth-order valence-corrected chi connectivity index (χ4v) is 12.9. The number of hydrogen-bond acceptors (Lipinski definition) is 2. The van der Waals surface area contributed by atoms with Crippen molar-refractivity contribution >= 4 is 48.6 Å². The van der Waals surface area contributed by atoms with Crippen molar-refractivity contribution in [1.29, 1.82) is 0 Å². The number of nitrogens with zero attached hydrogens (tertiary/aromatic N) is 1. The maximum Gasteiger partial charge on any atom is 0.0508 e. The molecule has 1 nitrogen and oxygen atoms in total. The van der Waals surface area contributed by atoms with Crippen LogP contribution in [0.4, 0.5) is 17.1 Å². The van der Waals surface area contributed by atoms with Crippen molar-refractivity contribution < 1.29 is 0 Å². The Kier molecular flexibility index (Phi) is 9.16. The zero-order chi connectivity index (χ0) is 45.7. The second-order valence-electron chi connectivity index (χ2n) is 19.6. The van der Waals surface area contributed by atoms with Crippen LogP contribution in [0.3, 0.4) is 0 Å². The van der Waals surface area contributed by atoms with E-state index >= 15 is 0 Å². The Morgan fingerprint density at radius 3 is 1.75 bits per heavy atom. The van der Waals surface area contributed by atoms with Gasteiger partial charge in [0.25, 0.3) is 0 Å². The third-order valence-corrected chi connectivity index (χ3v) is 16.3. The average molecular weight is 888 g/mol. The molecule has 10 aromatic carbocycles. The predicted octanol–water partition coefficient (Wildman–Crippen LogP) is 18.8. The average Bonchev–Trinajstić information content (AvgIpc) is 3.97. The monoisotopic (exact) mass is 887 g/mol. The van der Waals surface area contributed by atoms with Crippen LogP contribution >= 0.6 is 11.3 Å². The molecule has 0 unspecified atom stereocenters. The normalized spacial score (nSPS) is 13.8. The number of rotatable bonds is 7. The molecule has 11 aromatic rings. The summed E-state index contributed by atoms with van der Waals surface area (Å²) in [4.78, 5) is 2.50. The van der Waals surface area contributed by atoms with E-state index in [1.165, 1.54) is 115 Å². The van der Waals surface area contributed by atoms with Crippen LogP contribution in [0.5, 0.6) is 0 Å². The lowest BCUT2D eigenvalue weighted by atomic mass is 9.80. The first-order valence-electron chi connectivity index (χ1n) is 23.8. The van der Waals surface area contributed by atoms with E-state index in [2.05, 4.69) is 257 Å². The molecule has 0 aliphatic heterocycles. The molecule has 0 bridgehead atoms. The van der Waals surface area contributed by atoms with E-state index in [4.69, 9.17) is 0 Å². The van der Waals surface area contributed by atoms with E-state index in [9.17, 15) is 0 Å². The van der Waals surface area contributed by atoms with Crippen LogP contribution in [0.1, 0.15) is 49.9 Å². The Morgan fingerprint density at radius 2 is 0.926 bits per heavy atom. The minimum absolute atomic E-state index is 0.178. The summed E-state index contributed by atoms with van der Waals surface area (Å²) in [7, 11) is 0. The Morgan fingerprint density at radius 1 is 0.338 bits per heavy atom. The zero-order valence-electron chi connectivity index (χ0n) is 38.7. The molecule has 1 aromatic heterocycles. The lowest BCUT2D eigenvalue weighted by Crippen LogP contribution is -2.20. The number of benzene rings is 10. The Bertz CT molecular complexity index is 3780. The van der Waals surface area contributed by atoms with E-state index in [0.29, 0.717) is 0 Å². The maximum atomic E-state index is 2.50. The molecular weight excluding hydrogens is 839 g/mol. The highest BCUT2D eigenvalue weighted by atomic mass is 32.1. The van der Waals surface area contributed by atoms with E-state index in [1.807, 2.05) is 11.3 Å². The first kappa shape index (κ1) is 40.5. The maximum absolute atomic E-state index is 2.50. The summed E-state index contributed by atoms with van der Waals surface area (Å²) in [5, 5.41) is 2.64. The van der Waals surface area contributed by atoms with Crippen molar-refractivity contribution in [2.45, 2.75) is 38.5 Å². The van der Waals surface area contributed by atoms with Crippen molar-refractivity contribution in [2.24, 2.45) is 0 Å². The number of anilines is 3. The summed E-state index contributed by atoms with van der Waals surface area (Å²) in [6.07, 6.45) is 0. The molecule has 0 fully saturated rings. The van der Waals surface area contributed by atoms with Crippen LogP contribution in [0.2, 0.25) is 0 Å². The quantitative estimate of drug-likeness (QED) is 0.154. The third-order valence-electron chi connectivity index (χ3n) is 15.0. The predicted molar refractivity (Wildman–Crippen MR) is 291 cm³/mol. The van der Waals surface area contributed by atoms with Gasteiger partial charge in [0, 0.05) is 42.4 Å². The molecule has 0 amide bonds. The van der Waals surface area contributed by atoms with Crippen LogP contribution in [0.15, 0.2) is 224 Å². The molecule has 2 aliphatic rings. The van der Waals surface area contributed by atoms with Crippen LogP contribution in [-0.4, -0.2) is 0 Å². The first-order chi connectivity index (χ1) is 33.2. The van der Waals surface area contributed by atoms with Crippen molar-refractivity contribution in [3.05, 3.63) is 247 Å². The summed E-state index contributed by atoms with van der Waals surface area (Å²) in [5.41, 5.74) is 23.7. The summed E-state index contributed by atoms with van der Waals surface area (Å²) in [5.74, 6) is 0. The van der Waals surface area contributed by atoms with E-state index in [-0.39, 0.29) is 10.8 Å². The molecule has 0 spiro atoms. The van der Waals surface area contributed by atoms with Gasteiger partial charge in [0.2, 0.25) is 0 Å². The minimum atomic E-state index is -0.202. The van der Waals surface area contributed by atoms with Gasteiger partial charge in [0.15, 0.2) is 0 Å². The largest absolute Gasteiger partial charge is 0.310 e. The molecule has 1 heterocycles. The molecular formula is C66H49NS. The lowest BCUT2D eigenvalue weighted by Gasteiger charge is -2.32. The topological polar surface area (TPSA) is 3.24 Å². The fraction of sp³-hybridized carbons (Fsp3) is 0.0909. The third kappa shape index (κ3) is 6.21. The highest BCUT2D eigenvalue weighted by molar-refractivity contribution is 7.26. The van der Waals surface area contributed by atoms with Gasteiger partial charge in [0.05, 0.1) is 5.69 Å². The summed E-state index contributed by atoms with van der Waals surface area (Å²) < 4.78 is 2.66. The van der Waals surface area contributed by atoms with Crippen molar-refractivity contribution in [2.75, 3.05) is 4.90 Å². The summed E-state index contributed by atoms with van der Waals surface area (Å²) in [6.45, 7) is 9.57. The molecule has 68 heavy (non-hydrogen) atoms. The highest BCUT2D eigenvalue weighted by Crippen LogP contribution is 2.56. The summed E-state index contributed by atoms with van der Waals surface area (Å²) in [6, 6.07) is 83.7. The van der Waals surface area contributed by atoms with Gasteiger partial charge >= 0.3 is 0 Å². The molecule has 0 saturated heterocycles. The van der Waals surface area contributed by atoms with E-state index in [1.54, 1.807) is 0 Å². The van der Waals surface area contributed by atoms with Gasteiger partial charge in [-0.1, -0.05) is 198 Å². The van der Waals surface area contributed by atoms with Gasteiger partial charge < -0.3 is 4.90 Å². The standard InChI is InChI=1S/C66H49NS/c1-65(2)58-37-34-46(39-56(58)62-55(43-20-9-6-10-21-43)40-47(41-59(62)65)42-18-7-5-8-19-42)45-22-15-23-49(38-45)67(60-30-17-27-53-51-24-11-13-29-57(51)66(3,4)63(53)60)48-35-32-44(33-36-48)50-26-16-28-54-52-25-12-14-31-61(52)68-64(50)54/h5-41H,1-4H3. The van der Waals surface area contributed by atoms with Crippen LogP contribution in [0, 0.1) is 0 Å². The SMILES string of the molecule is CC1(C)c2ccc(-c3cccc(N(c4ccc(-c5cccc6c5sc5ccccc56)cc4)c4cccc5c4C(C)(C)c4ccccc4-5)c3)cc2-c2c(-c3ccccc3)cc(-c3ccccc3)cc21. The smallest absolute Gasteiger partial charge is 0.0508 e. The van der Waals surface area contributed by atoms with Gasteiger partial charge in [-0.3, -0.25) is 0 Å². The van der Waals surface area contributed by atoms with Gasteiger partial charge in [-0.05, 0) is 144 Å². The number of fused-ring (bicyclic) bond motifs is 9. The summed E-state index contributed by atoms with van der Waals surface area (Å²) >= 11 is 1.89. The number of hydrogen-bond donors (Lipinski definition) is 0. The Labute approximate surface area is 403 Å². The minimum Gasteiger partial charge on any atom is -0.310 e. The van der Waals surface area contributed by atoms with Crippen LogP contribution in [0.25, 0.3) is 86.9 Å². The van der Waals surface area contributed by atoms with E-state index in [0.717, 1.165) is 11.4 Å². The second kappa shape index (κ2) is 15.4. The molecule has 0 saturated carbocycles. The first-order valence-corrected chi connectivity index (χ1v) is 24.6. The fourth-order valence-electron chi connectivity index (χ4n) is 11.7. The number of thiophene rings is 1. The lowest BCUT2D eigenvalue weighted by molar-refractivity contribution is 0.660. The molecule has 2 aliphatic carbocycles. The van der Waals surface area contributed by atoms with Gasteiger partial charge in [0.1, 0.15) is 0 Å². The van der Waals surface area contributed by atoms with Crippen molar-refractivity contribution in [1.82, 2.24) is 0 Å². The van der Waals surface area contributed by atoms with Crippen molar-refractivity contribution in [3.63, 3.8) is 0 Å². The van der Waals surface area contributed by atoms with Gasteiger partial charge in [-0.2, -0.15) is 0 Å². The van der Waals surface area contributed by atoms with Crippen molar-refractivity contribution in [3.8, 4) is 66.8 Å². The molecule has 0 radical (unpaired) electrons. The second-order valence-corrected chi connectivity index (χ2v) is 20.7. The molecule has 0 N–H and O–H groups in total. The molecule has 2 heteroatoms. The van der Waals surface area contributed by atoms with E-state index < -0.39 is 0 Å². The molecule has 0 atom stereocenters. The van der Waals surface area contributed by atoms with Crippen LogP contribution in [-0.2, 0) is 10.8 Å². The Hall–Kier alpha value is -7.78. The molecule has 324 valence electrons. The van der Waals surface area contributed by atoms with Gasteiger partial charge in [-0.25, -0.2) is 0 Å². The van der Waals surface area contributed by atoms with Crippen LogP contribution < -0.4 is 4.90 Å².